The number of piperidine rings is 1. The molecular formula is C18H28Cl2N2OS. The summed E-state index contributed by atoms with van der Waals surface area (Å²) in [5.41, 5.74) is 1.66. The highest BCUT2D eigenvalue weighted by molar-refractivity contribution is 7.10. The fourth-order valence-corrected chi connectivity index (χ4v) is 4.67. The highest BCUT2D eigenvalue weighted by atomic mass is 35.5. The lowest BCUT2D eigenvalue weighted by Gasteiger charge is -2.37. The summed E-state index contributed by atoms with van der Waals surface area (Å²) in [5.74, 6) is 5.72. The minimum absolute atomic E-state index is 0. The number of aliphatic hydroxyl groups excluding tert-OH is 1. The molecule has 0 amide bonds. The summed E-state index contributed by atoms with van der Waals surface area (Å²) < 4.78 is 0. The Hall–Kier alpha value is -0.280. The van der Waals surface area contributed by atoms with E-state index < -0.39 is 0 Å². The van der Waals surface area contributed by atoms with E-state index in [1.807, 2.05) is 0 Å². The van der Waals surface area contributed by atoms with Crippen LogP contribution in [0.15, 0.2) is 11.4 Å². The van der Waals surface area contributed by atoms with Gasteiger partial charge in [-0.3, -0.25) is 4.90 Å². The molecule has 0 bridgehead atoms. The summed E-state index contributed by atoms with van der Waals surface area (Å²) in [4.78, 5) is 4.01. The normalized spacial score (nSPS) is 20.2. The third-order valence-electron chi connectivity index (χ3n) is 5.15. The summed E-state index contributed by atoms with van der Waals surface area (Å²) in [5, 5.41) is 14.4. The molecule has 2 aliphatic heterocycles. The Bertz CT molecular complexity index is 547. The van der Waals surface area contributed by atoms with Gasteiger partial charge < -0.3 is 10.4 Å². The second-order valence-corrected chi connectivity index (χ2v) is 7.64. The lowest BCUT2D eigenvalue weighted by atomic mass is 9.73. The van der Waals surface area contributed by atoms with E-state index in [9.17, 15) is 0 Å². The van der Waals surface area contributed by atoms with Crippen molar-refractivity contribution in [2.24, 2.45) is 5.41 Å². The number of thiophene rings is 1. The molecule has 2 saturated heterocycles. The van der Waals surface area contributed by atoms with Gasteiger partial charge in [0.05, 0.1) is 0 Å². The predicted octanol–water partition coefficient (Wildman–Crippen LogP) is 3.29. The molecule has 3 nitrogen and oxygen atoms in total. The molecular weight excluding hydrogens is 363 g/mol. The maximum atomic E-state index is 8.76. The molecule has 3 rings (SSSR count). The quantitative estimate of drug-likeness (QED) is 0.760. The molecule has 0 saturated carbocycles. The van der Waals surface area contributed by atoms with Crippen LogP contribution in [-0.4, -0.2) is 42.8 Å². The van der Waals surface area contributed by atoms with Gasteiger partial charge in [-0.25, -0.2) is 0 Å². The van der Waals surface area contributed by atoms with Crippen molar-refractivity contribution >= 4 is 36.2 Å². The van der Waals surface area contributed by atoms with Crippen LogP contribution in [0.4, 0.5) is 0 Å². The Labute approximate surface area is 162 Å². The molecule has 0 radical (unpaired) electrons. The highest BCUT2D eigenvalue weighted by Gasteiger charge is 2.33. The van der Waals surface area contributed by atoms with Gasteiger partial charge in [0.2, 0.25) is 0 Å². The van der Waals surface area contributed by atoms with Crippen molar-refractivity contribution in [2.75, 3.05) is 32.8 Å². The van der Waals surface area contributed by atoms with E-state index in [0.29, 0.717) is 5.41 Å². The monoisotopic (exact) mass is 390 g/mol. The van der Waals surface area contributed by atoms with E-state index in [0.717, 1.165) is 12.1 Å². The van der Waals surface area contributed by atoms with Crippen LogP contribution < -0.4 is 5.32 Å². The smallest absolute Gasteiger partial charge is 0.104 e. The SMILES string of the molecule is Cl.Cl.OCC#Cc1csc(CN2CCCC3(CCNCC3)CC2)c1. The molecule has 0 aliphatic carbocycles. The largest absolute Gasteiger partial charge is 0.384 e. The van der Waals surface area contributed by atoms with E-state index in [4.69, 9.17) is 5.11 Å². The van der Waals surface area contributed by atoms with Crippen molar-refractivity contribution in [1.29, 1.82) is 0 Å². The minimum Gasteiger partial charge on any atom is -0.384 e. The molecule has 1 spiro atoms. The number of rotatable bonds is 2. The zero-order valence-corrected chi connectivity index (χ0v) is 16.5. The third kappa shape index (κ3) is 5.91. The second-order valence-electron chi connectivity index (χ2n) is 6.64. The fraction of sp³-hybridized carbons (Fsp3) is 0.667. The van der Waals surface area contributed by atoms with Crippen molar-refractivity contribution in [3.8, 4) is 11.8 Å². The van der Waals surface area contributed by atoms with Crippen LogP contribution in [-0.2, 0) is 6.54 Å². The number of nitrogens with one attached hydrogen (secondary N) is 1. The van der Waals surface area contributed by atoms with E-state index in [1.165, 1.54) is 63.2 Å². The summed E-state index contributed by atoms with van der Waals surface area (Å²) in [7, 11) is 0. The van der Waals surface area contributed by atoms with E-state index in [2.05, 4.69) is 33.5 Å². The maximum Gasteiger partial charge on any atom is 0.104 e. The third-order valence-corrected chi connectivity index (χ3v) is 6.07. The zero-order valence-electron chi connectivity index (χ0n) is 14.1. The van der Waals surface area contributed by atoms with Gasteiger partial charge in [0.1, 0.15) is 6.61 Å². The summed E-state index contributed by atoms with van der Waals surface area (Å²) >= 11 is 1.79. The number of hydrogen-bond acceptors (Lipinski definition) is 4. The van der Waals surface area contributed by atoms with Crippen molar-refractivity contribution in [2.45, 2.75) is 38.6 Å². The Kier molecular flexibility index (Phi) is 9.66. The van der Waals surface area contributed by atoms with Crippen LogP contribution >= 0.6 is 36.2 Å². The number of hydrogen-bond donors (Lipinski definition) is 2. The van der Waals surface area contributed by atoms with Crippen LogP contribution in [0.3, 0.4) is 0 Å². The lowest BCUT2D eigenvalue weighted by Crippen LogP contribution is -2.37. The predicted molar refractivity (Wildman–Crippen MR) is 106 cm³/mol. The van der Waals surface area contributed by atoms with Gasteiger partial charge in [0, 0.05) is 22.4 Å². The van der Waals surface area contributed by atoms with Crippen LogP contribution in [0.5, 0.6) is 0 Å². The number of halogens is 2. The standard InChI is InChI=1S/C18H26N2OS.2ClH/c21-12-1-3-16-13-17(22-15-16)14-20-10-2-4-18(7-11-20)5-8-19-9-6-18;;/h13,15,19,21H,2,4-12,14H2;2*1H. The molecule has 0 atom stereocenters. The van der Waals surface area contributed by atoms with Gasteiger partial charge >= 0.3 is 0 Å². The lowest BCUT2D eigenvalue weighted by molar-refractivity contribution is 0.167. The van der Waals surface area contributed by atoms with E-state index in [-0.39, 0.29) is 31.4 Å². The summed E-state index contributed by atoms with van der Waals surface area (Å²) in [6.45, 7) is 5.87. The molecule has 24 heavy (non-hydrogen) atoms. The van der Waals surface area contributed by atoms with Gasteiger partial charge in [-0.2, -0.15) is 0 Å². The molecule has 136 valence electrons. The van der Waals surface area contributed by atoms with Gasteiger partial charge in [0.15, 0.2) is 0 Å². The van der Waals surface area contributed by atoms with Crippen molar-refractivity contribution in [3.05, 3.63) is 21.9 Å². The highest BCUT2D eigenvalue weighted by Crippen LogP contribution is 2.39. The van der Waals surface area contributed by atoms with E-state index >= 15 is 0 Å². The molecule has 1 aromatic heterocycles. The summed E-state index contributed by atoms with van der Waals surface area (Å²) in [6.07, 6.45) is 6.82. The average Bonchev–Trinajstić information content (AvgIpc) is 2.90. The second kappa shape index (κ2) is 10.7. The molecule has 2 fully saturated rings. The van der Waals surface area contributed by atoms with E-state index in [1.54, 1.807) is 11.3 Å². The first-order chi connectivity index (χ1) is 10.8. The summed E-state index contributed by atoms with van der Waals surface area (Å²) in [6, 6.07) is 2.18. The molecule has 0 unspecified atom stereocenters. The van der Waals surface area contributed by atoms with Crippen molar-refractivity contribution in [1.82, 2.24) is 10.2 Å². The van der Waals surface area contributed by atoms with Crippen molar-refractivity contribution < 1.29 is 5.11 Å². The first-order valence-electron chi connectivity index (χ1n) is 8.40. The zero-order chi connectivity index (χ0) is 15.3. The number of nitrogens with zero attached hydrogens (tertiary/aromatic N) is 1. The minimum atomic E-state index is -0.0613. The first-order valence-corrected chi connectivity index (χ1v) is 9.28. The molecule has 2 aliphatic rings. The molecule has 2 N–H and O–H groups in total. The molecule has 3 heterocycles. The molecule has 6 heteroatoms. The van der Waals surface area contributed by atoms with Crippen LogP contribution in [0.25, 0.3) is 0 Å². The number of aliphatic hydroxyl groups is 1. The van der Waals surface area contributed by atoms with Crippen molar-refractivity contribution in [3.63, 3.8) is 0 Å². The molecule has 1 aromatic rings. The Morgan fingerprint density at radius 2 is 1.96 bits per heavy atom. The van der Waals surface area contributed by atoms with Gasteiger partial charge in [-0.05, 0) is 69.8 Å². The first kappa shape index (κ1) is 21.8. The van der Waals surface area contributed by atoms with Crippen LogP contribution in [0.2, 0.25) is 0 Å². The van der Waals surface area contributed by atoms with Gasteiger partial charge in [0.25, 0.3) is 0 Å². The number of likely N-dealkylation sites (tertiary alicyclic amines) is 1. The van der Waals surface area contributed by atoms with Gasteiger partial charge in [-0.1, -0.05) is 11.8 Å². The van der Waals surface area contributed by atoms with Gasteiger partial charge in [-0.15, -0.1) is 36.2 Å². The Morgan fingerprint density at radius 3 is 2.71 bits per heavy atom. The van der Waals surface area contributed by atoms with Crippen LogP contribution in [0.1, 0.15) is 42.5 Å². The topological polar surface area (TPSA) is 35.5 Å². The van der Waals surface area contributed by atoms with Crippen LogP contribution in [0, 0.1) is 17.3 Å². The fourth-order valence-electron chi connectivity index (χ4n) is 3.82. The maximum absolute atomic E-state index is 8.76. The average molecular weight is 391 g/mol. The Balaban J connectivity index is 0.00000144. The Morgan fingerprint density at radius 1 is 1.17 bits per heavy atom. The molecule has 0 aromatic carbocycles.